The van der Waals surface area contributed by atoms with Gasteiger partial charge in [-0.1, -0.05) is 13.8 Å². The summed E-state index contributed by atoms with van der Waals surface area (Å²) in [7, 11) is 3.98. The molecule has 0 atom stereocenters. The second kappa shape index (κ2) is 7.70. The molecule has 0 saturated carbocycles. The molecule has 0 spiro atoms. The first-order valence-electron chi connectivity index (χ1n) is 9.30. The van der Waals surface area contributed by atoms with Crippen LogP contribution in [0.25, 0.3) is 0 Å². The summed E-state index contributed by atoms with van der Waals surface area (Å²) < 4.78 is 5.58. The summed E-state index contributed by atoms with van der Waals surface area (Å²) in [5.74, 6) is 2.47. The van der Waals surface area contributed by atoms with Crippen LogP contribution in [-0.4, -0.2) is 74.3 Å². The van der Waals surface area contributed by atoms with Gasteiger partial charge in [0.2, 0.25) is 0 Å². The van der Waals surface area contributed by atoms with Crippen LogP contribution in [0.4, 0.5) is 5.82 Å². The van der Waals surface area contributed by atoms with Gasteiger partial charge in [0, 0.05) is 63.1 Å². The van der Waals surface area contributed by atoms with Gasteiger partial charge in [0.1, 0.15) is 11.6 Å². The molecule has 0 aromatic carbocycles. The highest BCUT2D eigenvalue weighted by atomic mass is 16.5. The summed E-state index contributed by atoms with van der Waals surface area (Å²) in [6, 6.07) is 2.86. The van der Waals surface area contributed by atoms with E-state index in [4.69, 9.17) is 9.72 Å². The maximum Gasteiger partial charge on any atom is 0.132 e. The first-order valence-corrected chi connectivity index (χ1v) is 9.30. The first-order chi connectivity index (χ1) is 11.6. The molecule has 0 bridgehead atoms. The Hall–Kier alpha value is -1.33. The predicted octanol–water partition coefficient (Wildman–Crippen LogP) is 2.43. The quantitative estimate of drug-likeness (QED) is 0.845. The number of anilines is 1. The summed E-state index contributed by atoms with van der Waals surface area (Å²) in [6.45, 7) is 11.4. The van der Waals surface area contributed by atoms with Crippen LogP contribution in [0.3, 0.4) is 0 Å². The van der Waals surface area contributed by atoms with Gasteiger partial charge in [0.25, 0.3) is 0 Å². The lowest BCUT2D eigenvalue weighted by Gasteiger charge is -2.42. The Balaban J connectivity index is 1.60. The van der Waals surface area contributed by atoms with E-state index < -0.39 is 0 Å². The molecule has 0 unspecified atom stereocenters. The summed E-state index contributed by atoms with van der Waals surface area (Å²) in [4.78, 5) is 12.2. The van der Waals surface area contributed by atoms with E-state index in [1.54, 1.807) is 7.11 Å². The van der Waals surface area contributed by atoms with Gasteiger partial charge < -0.3 is 14.5 Å². The molecule has 5 heteroatoms. The number of hydrogen-bond acceptors (Lipinski definition) is 5. The number of hydrogen-bond donors (Lipinski definition) is 0. The van der Waals surface area contributed by atoms with Crippen LogP contribution in [0.1, 0.15) is 38.2 Å². The molecule has 1 aromatic rings. The number of piperidine rings is 1. The van der Waals surface area contributed by atoms with Gasteiger partial charge in [-0.25, -0.2) is 4.98 Å². The van der Waals surface area contributed by atoms with E-state index in [0.717, 1.165) is 30.7 Å². The smallest absolute Gasteiger partial charge is 0.132 e. The molecule has 5 nitrogen and oxygen atoms in total. The summed E-state index contributed by atoms with van der Waals surface area (Å²) in [6.07, 6.45) is 4.46. The molecule has 2 saturated heterocycles. The molecule has 0 amide bonds. The largest absolute Gasteiger partial charge is 0.496 e. The van der Waals surface area contributed by atoms with Gasteiger partial charge in [-0.2, -0.15) is 0 Å². The van der Waals surface area contributed by atoms with Crippen molar-refractivity contribution >= 4 is 5.82 Å². The molecule has 134 valence electrons. The minimum atomic E-state index is 0.435. The van der Waals surface area contributed by atoms with E-state index >= 15 is 0 Å². The lowest BCUT2D eigenvalue weighted by molar-refractivity contribution is 0.0981. The van der Waals surface area contributed by atoms with Crippen molar-refractivity contribution in [3.63, 3.8) is 0 Å². The average Bonchev–Trinajstić information content (AvgIpc) is 2.62. The first kappa shape index (κ1) is 17.5. The Morgan fingerprint density at radius 1 is 1.08 bits per heavy atom. The maximum atomic E-state index is 5.58. The number of methoxy groups -OCH3 is 1. The van der Waals surface area contributed by atoms with E-state index in [9.17, 15) is 0 Å². The van der Waals surface area contributed by atoms with Crippen LogP contribution in [-0.2, 0) is 0 Å². The van der Waals surface area contributed by atoms with E-state index in [1.165, 1.54) is 44.6 Å². The van der Waals surface area contributed by atoms with Crippen LogP contribution in [0, 0.1) is 0 Å². The van der Waals surface area contributed by atoms with E-state index in [0.29, 0.717) is 5.92 Å². The van der Waals surface area contributed by atoms with Crippen LogP contribution in [0.15, 0.2) is 12.3 Å². The number of pyridine rings is 1. The maximum absolute atomic E-state index is 5.58. The topological polar surface area (TPSA) is 31.8 Å². The standard InChI is InChI=1S/C19H32N4O/c1-15(2)17-14-20-19(13-18(17)24-4)23-7-5-16(6-8-23)22-11-9-21(3)10-12-22/h13-16H,5-12H2,1-4H3. The van der Waals surface area contributed by atoms with Crippen molar-refractivity contribution in [1.29, 1.82) is 0 Å². The van der Waals surface area contributed by atoms with E-state index in [1.807, 2.05) is 6.20 Å². The van der Waals surface area contributed by atoms with Crippen LogP contribution in [0.2, 0.25) is 0 Å². The number of ether oxygens (including phenoxy) is 1. The molecule has 3 heterocycles. The molecule has 3 rings (SSSR count). The zero-order chi connectivity index (χ0) is 17.1. The van der Waals surface area contributed by atoms with Crippen LogP contribution in [0.5, 0.6) is 5.75 Å². The normalized spacial score (nSPS) is 21.5. The summed E-state index contributed by atoms with van der Waals surface area (Å²) in [5.41, 5.74) is 1.19. The third-order valence-electron chi connectivity index (χ3n) is 5.57. The van der Waals surface area contributed by atoms with Gasteiger partial charge >= 0.3 is 0 Å². The molecule has 2 fully saturated rings. The van der Waals surface area contributed by atoms with Gasteiger partial charge in [-0.3, -0.25) is 4.90 Å². The van der Waals surface area contributed by atoms with Crippen molar-refractivity contribution in [2.45, 2.75) is 38.6 Å². The lowest BCUT2D eigenvalue weighted by Crippen LogP contribution is -2.52. The predicted molar refractivity (Wildman–Crippen MR) is 99.2 cm³/mol. The minimum absolute atomic E-state index is 0.435. The fourth-order valence-electron chi connectivity index (χ4n) is 3.87. The average molecular weight is 332 g/mol. The monoisotopic (exact) mass is 332 g/mol. The highest BCUT2D eigenvalue weighted by Crippen LogP contribution is 2.30. The number of likely N-dealkylation sites (N-methyl/N-ethyl adjacent to an activating group) is 1. The molecule has 24 heavy (non-hydrogen) atoms. The van der Waals surface area contributed by atoms with E-state index in [2.05, 4.69) is 41.7 Å². The second-order valence-corrected chi connectivity index (χ2v) is 7.50. The number of nitrogens with zero attached hydrogens (tertiary/aromatic N) is 4. The Kier molecular flexibility index (Phi) is 5.61. The molecule has 0 aliphatic carbocycles. The SMILES string of the molecule is COc1cc(N2CCC(N3CCN(C)CC3)CC2)ncc1C(C)C. The number of aromatic nitrogens is 1. The third-order valence-corrected chi connectivity index (χ3v) is 5.57. The van der Waals surface area contributed by atoms with Crippen molar-refractivity contribution in [2.75, 3.05) is 58.3 Å². The zero-order valence-corrected chi connectivity index (χ0v) is 15.7. The van der Waals surface area contributed by atoms with Crippen molar-refractivity contribution < 1.29 is 4.74 Å². The molecule has 0 radical (unpaired) electrons. The zero-order valence-electron chi connectivity index (χ0n) is 15.7. The Morgan fingerprint density at radius 2 is 1.75 bits per heavy atom. The minimum Gasteiger partial charge on any atom is -0.496 e. The fourth-order valence-corrected chi connectivity index (χ4v) is 3.87. The molecule has 0 N–H and O–H groups in total. The number of rotatable bonds is 4. The van der Waals surface area contributed by atoms with Gasteiger partial charge in [0.05, 0.1) is 7.11 Å². The summed E-state index contributed by atoms with van der Waals surface area (Å²) >= 11 is 0. The van der Waals surface area contributed by atoms with Crippen molar-refractivity contribution in [3.05, 3.63) is 17.8 Å². The molecular weight excluding hydrogens is 300 g/mol. The van der Waals surface area contributed by atoms with Crippen molar-refractivity contribution in [2.24, 2.45) is 0 Å². The molecule has 2 aliphatic heterocycles. The Bertz CT molecular complexity index is 532. The Labute approximate surface area is 146 Å². The summed E-state index contributed by atoms with van der Waals surface area (Å²) in [5, 5.41) is 0. The Morgan fingerprint density at radius 3 is 2.33 bits per heavy atom. The third kappa shape index (κ3) is 3.83. The second-order valence-electron chi connectivity index (χ2n) is 7.50. The van der Waals surface area contributed by atoms with Crippen molar-refractivity contribution in [3.8, 4) is 5.75 Å². The highest BCUT2D eigenvalue weighted by Gasteiger charge is 2.27. The number of piperazine rings is 1. The van der Waals surface area contributed by atoms with Gasteiger partial charge in [-0.15, -0.1) is 0 Å². The fraction of sp³-hybridized carbons (Fsp3) is 0.737. The van der Waals surface area contributed by atoms with Crippen LogP contribution < -0.4 is 9.64 Å². The molecule has 2 aliphatic rings. The highest BCUT2D eigenvalue weighted by molar-refractivity contribution is 5.48. The lowest BCUT2D eigenvalue weighted by atomic mass is 10.0. The van der Waals surface area contributed by atoms with Gasteiger partial charge in [-0.05, 0) is 25.8 Å². The van der Waals surface area contributed by atoms with Gasteiger partial charge in [0.15, 0.2) is 0 Å². The molecule has 1 aromatic heterocycles. The van der Waals surface area contributed by atoms with E-state index in [-0.39, 0.29) is 0 Å². The van der Waals surface area contributed by atoms with Crippen LogP contribution >= 0.6 is 0 Å². The molecular formula is C19H32N4O. The van der Waals surface area contributed by atoms with Crippen molar-refractivity contribution in [1.82, 2.24) is 14.8 Å².